The summed E-state index contributed by atoms with van der Waals surface area (Å²) in [5, 5.41) is 0. The van der Waals surface area contributed by atoms with Crippen LogP contribution in [0.4, 0.5) is 0 Å². The van der Waals surface area contributed by atoms with E-state index in [0.29, 0.717) is 5.92 Å². The predicted octanol–water partition coefficient (Wildman–Crippen LogP) is 4.63. The molecule has 1 unspecified atom stereocenters. The van der Waals surface area contributed by atoms with Gasteiger partial charge in [0.15, 0.2) is 0 Å². The maximum atomic E-state index is 4.29. The molecule has 1 nitrogen and oxygen atoms in total. The number of nitrogens with zero attached hydrogens (tertiary/aromatic N) is 1. The number of aryl methyl sites for hydroxylation is 1. The van der Waals surface area contributed by atoms with Crippen LogP contribution in [0.15, 0.2) is 29.8 Å². The highest BCUT2D eigenvalue weighted by Gasteiger charge is 2.06. The highest BCUT2D eigenvalue weighted by Crippen LogP contribution is 2.28. The Morgan fingerprint density at radius 1 is 1.25 bits per heavy atom. The molecule has 1 aromatic carbocycles. The van der Waals surface area contributed by atoms with Gasteiger partial charge in [-0.1, -0.05) is 38.1 Å². The summed E-state index contributed by atoms with van der Waals surface area (Å²) in [5.74, 6) is 0.650. The Morgan fingerprint density at radius 3 is 2.44 bits per heavy atom. The third-order valence-electron chi connectivity index (χ3n) is 3.10. The first-order chi connectivity index (χ1) is 7.72. The van der Waals surface area contributed by atoms with E-state index in [9.17, 15) is 0 Å². The summed E-state index contributed by atoms with van der Waals surface area (Å²) < 4.78 is 0. The van der Waals surface area contributed by atoms with Gasteiger partial charge in [0.1, 0.15) is 0 Å². The Bertz CT molecular complexity index is 456. The van der Waals surface area contributed by atoms with Crippen LogP contribution in [0.3, 0.4) is 0 Å². The number of rotatable bonds is 3. The van der Waals surface area contributed by atoms with E-state index in [-0.39, 0.29) is 0 Å². The summed E-state index contributed by atoms with van der Waals surface area (Å²) >= 11 is 1.71. The van der Waals surface area contributed by atoms with Crippen LogP contribution in [0.2, 0.25) is 0 Å². The monoisotopic (exact) mass is 231 g/mol. The van der Waals surface area contributed by atoms with E-state index < -0.39 is 0 Å². The van der Waals surface area contributed by atoms with Gasteiger partial charge in [-0.05, 0) is 30.4 Å². The first-order valence-corrected chi connectivity index (χ1v) is 6.60. The van der Waals surface area contributed by atoms with Crippen molar-refractivity contribution in [3.05, 3.63) is 41.0 Å². The highest BCUT2D eigenvalue weighted by atomic mass is 32.1. The number of hydrogen-bond donors (Lipinski definition) is 0. The van der Waals surface area contributed by atoms with Crippen molar-refractivity contribution in [2.24, 2.45) is 0 Å². The lowest BCUT2D eigenvalue weighted by Crippen LogP contribution is -1.90. The van der Waals surface area contributed by atoms with Crippen LogP contribution < -0.4 is 0 Å². The normalized spacial score (nSPS) is 12.7. The van der Waals surface area contributed by atoms with Gasteiger partial charge in [-0.25, -0.2) is 4.98 Å². The average molecular weight is 231 g/mol. The third-order valence-corrected chi connectivity index (χ3v) is 4.08. The van der Waals surface area contributed by atoms with Crippen LogP contribution in [-0.4, -0.2) is 4.98 Å². The first-order valence-electron chi connectivity index (χ1n) is 5.72. The molecule has 0 aliphatic rings. The second kappa shape index (κ2) is 4.79. The SMILES string of the molecule is CCC(C)c1ccc(-c2scnc2C)cc1. The summed E-state index contributed by atoms with van der Waals surface area (Å²) in [6.45, 7) is 6.56. The molecule has 0 aliphatic carbocycles. The van der Waals surface area contributed by atoms with Crippen molar-refractivity contribution in [1.82, 2.24) is 4.98 Å². The molecule has 0 saturated carbocycles. The number of aromatic nitrogens is 1. The molecule has 0 fully saturated rings. The molecule has 16 heavy (non-hydrogen) atoms. The van der Waals surface area contributed by atoms with Crippen LogP contribution >= 0.6 is 11.3 Å². The second-order valence-electron chi connectivity index (χ2n) is 4.20. The summed E-state index contributed by atoms with van der Waals surface area (Å²) in [5.41, 5.74) is 5.74. The van der Waals surface area contributed by atoms with Crippen LogP contribution in [0, 0.1) is 6.92 Å². The molecule has 1 aromatic heterocycles. The summed E-state index contributed by atoms with van der Waals surface area (Å²) in [6, 6.07) is 8.90. The van der Waals surface area contributed by atoms with Crippen LogP contribution in [0.25, 0.3) is 10.4 Å². The van der Waals surface area contributed by atoms with Crippen LogP contribution in [-0.2, 0) is 0 Å². The molecule has 0 radical (unpaired) electrons. The molecule has 2 aromatic rings. The van der Waals surface area contributed by atoms with Gasteiger partial charge in [0, 0.05) is 0 Å². The average Bonchev–Trinajstić information content (AvgIpc) is 2.75. The van der Waals surface area contributed by atoms with Crippen molar-refractivity contribution in [3.8, 4) is 10.4 Å². The van der Waals surface area contributed by atoms with Gasteiger partial charge < -0.3 is 0 Å². The lowest BCUT2D eigenvalue weighted by molar-refractivity contribution is 0.734. The molecule has 0 bridgehead atoms. The molecular formula is C14H17NS. The highest BCUT2D eigenvalue weighted by molar-refractivity contribution is 7.13. The standard InChI is InChI=1S/C14H17NS/c1-4-10(2)12-5-7-13(8-6-12)14-11(3)15-9-16-14/h5-10H,4H2,1-3H3. The van der Waals surface area contributed by atoms with E-state index in [1.807, 2.05) is 5.51 Å². The molecule has 0 saturated heterocycles. The van der Waals surface area contributed by atoms with E-state index in [0.717, 1.165) is 5.69 Å². The molecule has 1 heterocycles. The minimum atomic E-state index is 0.650. The number of thiazole rings is 1. The van der Waals surface area contributed by atoms with Gasteiger partial charge in [0.05, 0.1) is 16.1 Å². The zero-order valence-electron chi connectivity index (χ0n) is 10.0. The lowest BCUT2D eigenvalue weighted by Gasteiger charge is -2.09. The number of hydrogen-bond acceptors (Lipinski definition) is 2. The number of benzene rings is 1. The molecule has 0 spiro atoms. The fourth-order valence-electron chi connectivity index (χ4n) is 1.78. The Kier molecular flexibility index (Phi) is 3.39. The Morgan fingerprint density at radius 2 is 1.94 bits per heavy atom. The third kappa shape index (κ3) is 2.17. The lowest BCUT2D eigenvalue weighted by atomic mass is 9.97. The quantitative estimate of drug-likeness (QED) is 0.750. The summed E-state index contributed by atoms with van der Waals surface area (Å²) in [6.07, 6.45) is 1.19. The van der Waals surface area contributed by atoms with E-state index in [1.165, 1.54) is 22.4 Å². The van der Waals surface area contributed by atoms with E-state index in [4.69, 9.17) is 0 Å². The van der Waals surface area contributed by atoms with Crippen LogP contribution in [0.5, 0.6) is 0 Å². The summed E-state index contributed by atoms with van der Waals surface area (Å²) in [7, 11) is 0. The maximum Gasteiger partial charge on any atom is 0.0801 e. The van der Waals surface area contributed by atoms with Gasteiger partial charge in [0.25, 0.3) is 0 Å². The van der Waals surface area contributed by atoms with Crippen molar-refractivity contribution in [2.75, 3.05) is 0 Å². The van der Waals surface area contributed by atoms with E-state index in [1.54, 1.807) is 11.3 Å². The van der Waals surface area contributed by atoms with Gasteiger partial charge in [0.2, 0.25) is 0 Å². The zero-order chi connectivity index (χ0) is 11.5. The van der Waals surface area contributed by atoms with Gasteiger partial charge in [-0.3, -0.25) is 0 Å². The molecule has 0 aliphatic heterocycles. The minimum absolute atomic E-state index is 0.650. The zero-order valence-corrected chi connectivity index (χ0v) is 10.8. The van der Waals surface area contributed by atoms with E-state index in [2.05, 4.69) is 50.0 Å². The van der Waals surface area contributed by atoms with Crippen molar-refractivity contribution >= 4 is 11.3 Å². The van der Waals surface area contributed by atoms with Crippen molar-refractivity contribution < 1.29 is 0 Å². The molecule has 2 rings (SSSR count). The van der Waals surface area contributed by atoms with Gasteiger partial charge in [-0.2, -0.15) is 0 Å². The van der Waals surface area contributed by atoms with E-state index >= 15 is 0 Å². The Balaban J connectivity index is 2.30. The first kappa shape index (κ1) is 11.3. The molecule has 0 N–H and O–H groups in total. The van der Waals surface area contributed by atoms with Crippen molar-refractivity contribution in [3.63, 3.8) is 0 Å². The van der Waals surface area contributed by atoms with Crippen molar-refractivity contribution in [2.45, 2.75) is 33.1 Å². The predicted molar refractivity (Wildman–Crippen MR) is 71.0 cm³/mol. The van der Waals surface area contributed by atoms with Crippen molar-refractivity contribution in [1.29, 1.82) is 0 Å². The molecule has 1 atom stereocenters. The second-order valence-corrected chi connectivity index (χ2v) is 5.05. The molecule has 0 amide bonds. The molecule has 84 valence electrons. The maximum absolute atomic E-state index is 4.29. The topological polar surface area (TPSA) is 12.9 Å². The molecule has 2 heteroatoms. The van der Waals surface area contributed by atoms with Gasteiger partial charge >= 0.3 is 0 Å². The molecular weight excluding hydrogens is 214 g/mol. The fourth-order valence-corrected chi connectivity index (χ4v) is 2.59. The van der Waals surface area contributed by atoms with Crippen LogP contribution in [0.1, 0.15) is 37.4 Å². The summed E-state index contributed by atoms with van der Waals surface area (Å²) in [4.78, 5) is 5.57. The Hall–Kier alpha value is -1.15. The Labute approximate surface area is 101 Å². The van der Waals surface area contributed by atoms with Gasteiger partial charge in [-0.15, -0.1) is 11.3 Å². The fraction of sp³-hybridized carbons (Fsp3) is 0.357. The smallest absolute Gasteiger partial charge is 0.0801 e. The minimum Gasteiger partial charge on any atom is -0.249 e. The largest absolute Gasteiger partial charge is 0.249 e.